The average Bonchev–Trinajstić information content (AvgIpc) is 2.56. The summed E-state index contributed by atoms with van der Waals surface area (Å²) in [6.07, 6.45) is 2.42. The fourth-order valence-electron chi connectivity index (χ4n) is 1.68. The maximum Gasteiger partial charge on any atom is 0.328 e. The highest BCUT2D eigenvalue weighted by Gasteiger charge is 2.20. The number of amides is 1. The zero-order valence-electron chi connectivity index (χ0n) is 12.8. The smallest absolute Gasteiger partial charge is 0.328 e. The number of rotatable bonds is 9. The van der Waals surface area contributed by atoms with Crippen LogP contribution < -0.4 is 5.32 Å². The summed E-state index contributed by atoms with van der Waals surface area (Å²) in [7, 11) is 1.28. The first-order valence-electron chi connectivity index (χ1n) is 6.71. The Morgan fingerprint density at radius 2 is 2.00 bits per heavy atom. The van der Waals surface area contributed by atoms with E-state index in [-0.39, 0.29) is 17.3 Å². The molecule has 0 heterocycles. The van der Waals surface area contributed by atoms with E-state index >= 15 is 0 Å². The molecule has 0 fully saturated rings. The van der Waals surface area contributed by atoms with Crippen molar-refractivity contribution in [2.75, 3.05) is 24.9 Å². The average molecular weight is 358 g/mol. The van der Waals surface area contributed by atoms with Gasteiger partial charge < -0.3 is 10.1 Å². The minimum absolute atomic E-state index is 0.00150. The molecule has 1 amide bonds. The number of esters is 1. The quantitative estimate of drug-likeness (QED) is 0.312. The molecule has 1 atom stereocenters. The van der Waals surface area contributed by atoms with Gasteiger partial charge in [-0.3, -0.25) is 14.9 Å². The third-order valence-electron chi connectivity index (χ3n) is 2.85. The van der Waals surface area contributed by atoms with E-state index in [0.29, 0.717) is 6.42 Å². The first-order chi connectivity index (χ1) is 11.0. The number of non-ortho nitro benzene ring substituents is 1. The summed E-state index contributed by atoms with van der Waals surface area (Å²) >= 11 is 2.82. The van der Waals surface area contributed by atoms with Crippen molar-refractivity contribution in [2.24, 2.45) is 0 Å². The fraction of sp³-hybridized carbons (Fsp3) is 0.429. The van der Waals surface area contributed by atoms with Crippen LogP contribution in [0.1, 0.15) is 6.42 Å². The van der Waals surface area contributed by atoms with E-state index in [2.05, 4.69) is 10.1 Å². The Balaban J connectivity index is 2.50. The molecule has 0 saturated heterocycles. The molecule has 0 spiro atoms. The molecule has 1 N–H and O–H groups in total. The van der Waals surface area contributed by atoms with Crippen LogP contribution in [0.25, 0.3) is 0 Å². The lowest BCUT2D eigenvalue weighted by molar-refractivity contribution is -0.384. The number of nitrogens with zero attached hydrogens (tertiary/aromatic N) is 1. The predicted octanol–water partition coefficient (Wildman–Crippen LogP) is 2.10. The number of carbonyl (C=O) groups excluding carboxylic acids is 2. The van der Waals surface area contributed by atoms with Crippen molar-refractivity contribution in [1.29, 1.82) is 0 Å². The number of carbonyl (C=O) groups is 2. The summed E-state index contributed by atoms with van der Waals surface area (Å²) in [5.41, 5.74) is 0.00150. The van der Waals surface area contributed by atoms with Gasteiger partial charge in [-0.15, -0.1) is 11.8 Å². The summed E-state index contributed by atoms with van der Waals surface area (Å²) in [5, 5.41) is 13.2. The second kappa shape index (κ2) is 10.1. The van der Waals surface area contributed by atoms with Gasteiger partial charge in [-0.1, -0.05) is 0 Å². The number of ether oxygens (including phenoxy) is 1. The summed E-state index contributed by atoms with van der Waals surface area (Å²) in [6.45, 7) is 0. The van der Waals surface area contributed by atoms with Crippen LogP contribution in [0.2, 0.25) is 0 Å². The third-order valence-corrected chi connectivity index (χ3v) is 4.51. The van der Waals surface area contributed by atoms with E-state index in [0.717, 1.165) is 10.6 Å². The molecule has 23 heavy (non-hydrogen) atoms. The van der Waals surface area contributed by atoms with E-state index in [4.69, 9.17) is 0 Å². The highest BCUT2D eigenvalue weighted by atomic mass is 32.2. The normalized spacial score (nSPS) is 11.6. The first kappa shape index (κ1) is 19.3. The topological polar surface area (TPSA) is 98.5 Å². The van der Waals surface area contributed by atoms with Gasteiger partial charge in [-0.2, -0.15) is 11.8 Å². The Morgan fingerprint density at radius 1 is 1.35 bits per heavy atom. The largest absolute Gasteiger partial charge is 0.467 e. The van der Waals surface area contributed by atoms with Gasteiger partial charge in [0, 0.05) is 17.0 Å². The molecule has 0 aliphatic rings. The highest BCUT2D eigenvalue weighted by Crippen LogP contribution is 2.21. The van der Waals surface area contributed by atoms with Gasteiger partial charge in [0.1, 0.15) is 6.04 Å². The van der Waals surface area contributed by atoms with Crippen LogP contribution >= 0.6 is 23.5 Å². The molecule has 126 valence electrons. The second-order valence-corrected chi connectivity index (χ2v) is 6.50. The predicted molar refractivity (Wildman–Crippen MR) is 90.8 cm³/mol. The maximum absolute atomic E-state index is 11.9. The summed E-state index contributed by atoms with van der Waals surface area (Å²) < 4.78 is 4.68. The lowest BCUT2D eigenvalue weighted by atomic mass is 10.2. The van der Waals surface area contributed by atoms with Gasteiger partial charge >= 0.3 is 5.97 Å². The molecule has 9 heteroatoms. The van der Waals surface area contributed by atoms with E-state index in [1.807, 2.05) is 6.26 Å². The minimum Gasteiger partial charge on any atom is -0.467 e. The Hall–Kier alpha value is -1.74. The van der Waals surface area contributed by atoms with Crippen LogP contribution in [0, 0.1) is 10.1 Å². The Morgan fingerprint density at radius 3 is 2.52 bits per heavy atom. The molecule has 0 unspecified atom stereocenters. The third kappa shape index (κ3) is 6.91. The molecule has 1 aromatic carbocycles. The first-order valence-corrected chi connectivity index (χ1v) is 9.09. The van der Waals surface area contributed by atoms with Crippen molar-refractivity contribution in [1.82, 2.24) is 5.32 Å². The molecule has 0 aromatic heterocycles. The van der Waals surface area contributed by atoms with E-state index < -0.39 is 16.9 Å². The van der Waals surface area contributed by atoms with Crippen molar-refractivity contribution < 1.29 is 19.2 Å². The molecule has 7 nitrogen and oxygen atoms in total. The standard InChI is InChI=1S/C14H18N2O5S2/c1-21-14(18)12(7-8-22-2)15-13(17)9-23-11-5-3-10(4-6-11)16(19)20/h3-6,12H,7-9H2,1-2H3,(H,15,17)/t12-/m1/s1. The number of nitro benzene ring substituents is 1. The maximum atomic E-state index is 11.9. The Kier molecular flexibility index (Phi) is 8.49. The van der Waals surface area contributed by atoms with Gasteiger partial charge in [0.15, 0.2) is 0 Å². The van der Waals surface area contributed by atoms with Crippen molar-refractivity contribution in [3.63, 3.8) is 0 Å². The molecule has 0 radical (unpaired) electrons. The molecule has 0 aliphatic carbocycles. The SMILES string of the molecule is COC(=O)[C@@H](CCSC)NC(=O)CSc1ccc([N+](=O)[O-])cc1. The van der Waals surface area contributed by atoms with Gasteiger partial charge in [0.05, 0.1) is 17.8 Å². The number of methoxy groups -OCH3 is 1. The van der Waals surface area contributed by atoms with Gasteiger partial charge in [-0.25, -0.2) is 4.79 Å². The van der Waals surface area contributed by atoms with Crippen molar-refractivity contribution in [3.05, 3.63) is 34.4 Å². The number of benzene rings is 1. The van der Waals surface area contributed by atoms with Crippen molar-refractivity contribution in [3.8, 4) is 0 Å². The zero-order chi connectivity index (χ0) is 17.2. The fourth-order valence-corrected chi connectivity index (χ4v) is 2.86. The molecule has 0 aliphatic heterocycles. The molecule has 1 rings (SSSR count). The Bertz CT molecular complexity index is 551. The van der Waals surface area contributed by atoms with E-state index in [1.54, 1.807) is 23.9 Å². The lowest BCUT2D eigenvalue weighted by Gasteiger charge is -2.15. The second-order valence-electron chi connectivity index (χ2n) is 4.46. The lowest BCUT2D eigenvalue weighted by Crippen LogP contribution is -2.42. The monoisotopic (exact) mass is 358 g/mol. The van der Waals surface area contributed by atoms with Gasteiger partial charge in [0.25, 0.3) is 5.69 Å². The Labute approximate surface area is 142 Å². The number of nitro groups is 1. The van der Waals surface area contributed by atoms with Gasteiger partial charge in [0.2, 0.25) is 5.91 Å². The number of thioether (sulfide) groups is 2. The number of hydrogen-bond acceptors (Lipinski definition) is 7. The summed E-state index contributed by atoms with van der Waals surface area (Å²) in [4.78, 5) is 34.4. The van der Waals surface area contributed by atoms with Crippen LogP contribution in [0.15, 0.2) is 29.2 Å². The van der Waals surface area contributed by atoms with E-state index in [1.165, 1.54) is 31.0 Å². The molecule has 0 bridgehead atoms. The van der Waals surface area contributed by atoms with Gasteiger partial charge in [-0.05, 0) is 30.6 Å². The van der Waals surface area contributed by atoms with Crippen LogP contribution in [0.3, 0.4) is 0 Å². The minimum atomic E-state index is -0.655. The van der Waals surface area contributed by atoms with Crippen molar-refractivity contribution in [2.45, 2.75) is 17.4 Å². The summed E-state index contributed by atoms with van der Waals surface area (Å²) in [5.74, 6) is 0.0951. The number of nitrogens with one attached hydrogen (secondary N) is 1. The van der Waals surface area contributed by atoms with Crippen LogP contribution in [-0.2, 0) is 14.3 Å². The van der Waals surface area contributed by atoms with Crippen molar-refractivity contribution >= 4 is 41.1 Å². The van der Waals surface area contributed by atoms with Crippen LogP contribution in [0.5, 0.6) is 0 Å². The molecular weight excluding hydrogens is 340 g/mol. The van der Waals surface area contributed by atoms with Crippen LogP contribution in [-0.4, -0.2) is 47.7 Å². The molecular formula is C14H18N2O5S2. The summed E-state index contributed by atoms with van der Waals surface area (Å²) in [6, 6.07) is 5.28. The van der Waals surface area contributed by atoms with Crippen LogP contribution in [0.4, 0.5) is 5.69 Å². The number of hydrogen-bond donors (Lipinski definition) is 1. The zero-order valence-corrected chi connectivity index (χ0v) is 14.4. The highest BCUT2D eigenvalue weighted by molar-refractivity contribution is 8.00. The van der Waals surface area contributed by atoms with E-state index in [9.17, 15) is 19.7 Å². The molecule has 1 aromatic rings. The molecule has 0 saturated carbocycles.